The third-order valence-corrected chi connectivity index (χ3v) is 3.51. The number of hydrogen-bond acceptors (Lipinski definition) is 3. The summed E-state index contributed by atoms with van der Waals surface area (Å²) in [5.41, 5.74) is 2.37. The van der Waals surface area contributed by atoms with E-state index < -0.39 is 0 Å². The first-order valence-corrected chi connectivity index (χ1v) is 7.46. The third kappa shape index (κ3) is 3.64. The Bertz CT molecular complexity index is 636. The lowest BCUT2D eigenvalue weighted by molar-refractivity contribution is 0.0374. The van der Waals surface area contributed by atoms with Gasteiger partial charge in [0.1, 0.15) is 11.3 Å². The van der Waals surface area contributed by atoms with Crippen LogP contribution in [0, 0.1) is 0 Å². The number of rotatable bonds is 4. The van der Waals surface area contributed by atoms with E-state index in [9.17, 15) is 4.79 Å². The van der Waals surface area contributed by atoms with Gasteiger partial charge >= 0.3 is 5.97 Å². The standard InChI is InChI=1S/C17H17BrO3/c1-11(2)21-17(19)14-9-13(10-15(18)16(14)20-3)12-7-5-4-6-8-12/h4-11H,1-3H3. The largest absolute Gasteiger partial charge is 0.495 e. The molecule has 0 saturated heterocycles. The van der Waals surface area contributed by atoms with Crippen molar-refractivity contribution in [2.45, 2.75) is 20.0 Å². The minimum atomic E-state index is -0.389. The minimum Gasteiger partial charge on any atom is -0.495 e. The maximum atomic E-state index is 12.2. The summed E-state index contributed by atoms with van der Waals surface area (Å²) >= 11 is 3.46. The lowest BCUT2D eigenvalue weighted by Crippen LogP contribution is -2.13. The van der Waals surface area contributed by atoms with Crippen LogP contribution in [0.1, 0.15) is 24.2 Å². The molecule has 0 N–H and O–H groups in total. The van der Waals surface area contributed by atoms with Crippen molar-refractivity contribution in [2.24, 2.45) is 0 Å². The topological polar surface area (TPSA) is 35.5 Å². The number of benzene rings is 2. The molecule has 110 valence electrons. The van der Waals surface area contributed by atoms with Gasteiger partial charge in [0.25, 0.3) is 0 Å². The molecule has 0 aliphatic rings. The maximum Gasteiger partial charge on any atom is 0.342 e. The zero-order valence-electron chi connectivity index (χ0n) is 12.2. The van der Waals surface area contributed by atoms with Gasteiger partial charge in [0, 0.05) is 0 Å². The number of carbonyl (C=O) groups excluding carboxylic acids is 1. The van der Waals surface area contributed by atoms with Crippen LogP contribution < -0.4 is 4.74 Å². The fourth-order valence-corrected chi connectivity index (χ4v) is 2.65. The first kappa shape index (κ1) is 15.6. The average molecular weight is 349 g/mol. The highest BCUT2D eigenvalue weighted by molar-refractivity contribution is 9.10. The molecule has 2 aromatic carbocycles. The van der Waals surface area contributed by atoms with Crippen LogP contribution in [-0.2, 0) is 4.74 Å². The van der Waals surface area contributed by atoms with E-state index in [0.717, 1.165) is 15.6 Å². The van der Waals surface area contributed by atoms with E-state index >= 15 is 0 Å². The Morgan fingerprint density at radius 2 is 1.76 bits per heavy atom. The van der Waals surface area contributed by atoms with Crippen LogP contribution in [0.25, 0.3) is 11.1 Å². The Morgan fingerprint density at radius 1 is 1.10 bits per heavy atom. The SMILES string of the molecule is COc1c(Br)cc(-c2ccccc2)cc1C(=O)OC(C)C. The van der Waals surface area contributed by atoms with E-state index in [0.29, 0.717) is 11.3 Å². The molecule has 4 heteroatoms. The lowest BCUT2D eigenvalue weighted by atomic mass is 10.0. The molecule has 0 saturated carbocycles. The summed E-state index contributed by atoms with van der Waals surface area (Å²) in [5, 5.41) is 0. The maximum absolute atomic E-state index is 12.2. The van der Waals surface area contributed by atoms with E-state index in [1.807, 2.05) is 50.2 Å². The van der Waals surface area contributed by atoms with E-state index in [-0.39, 0.29) is 12.1 Å². The molecule has 0 amide bonds. The van der Waals surface area contributed by atoms with Crippen molar-refractivity contribution in [1.29, 1.82) is 0 Å². The molecule has 2 aromatic rings. The molecule has 0 radical (unpaired) electrons. The van der Waals surface area contributed by atoms with E-state index in [1.54, 1.807) is 6.07 Å². The number of methoxy groups -OCH3 is 1. The van der Waals surface area contributed by atoms with Crippen molar-refractivity contribution in [1.82, 2.24) is 0 Å². The molecule has 21 heavy (non-hydrogen) atoms. The Hall–Kier alpha value is -1.81. The number of esters is 1. The normalized spacial score (nSPS) is 10.5. The molecule has 0 fully saturated rings. The molecular formula is C17H17BrO3. The van der Waals surface area contributed by atoms with Crippen LogP contribution in [-0.4, -0.2) is 19.2 Å². The fraction of sp³-hybridized carbons (Fsp3) is 0.235. The summed E-state index contributed by atoms with van der Waals surface area (Å²) in [7, 11) is 1.54. The minimum absolute atomic E-state index is 0.179. The smallest absolute Gasteiger partial charge is 0.342 e. The molecule has 3 nitrogen and oxygen atoms in total. The van der Waals surface area contributed by atoms with Gasteiger partial charge in [-0.3, -0.25) is 0 Å². The van der Waals surface area contributed by atoms with Gasteiger partial charge in [-0.2, -0.15) is 0 Å². The van der Waals surface area contributed by atoms with Gasteiger partial charge in [-0.25, -0.2) is 4.79 Å². The first-order chi connectivity index (χ1) is 10.0. The van der Waals surface area contributed by atoms with Crippen LogP contribution in [0.4, 0.5) is 0 Å². The summed E-state index contributed by atoms with van der Waals surface area (Å²) in [5.74, 6) is 0.0978. The highest BCUT2D eigenvalue weighted by Crippen LogP contribution is 2.35. The van der Waals surface area contributed by atoms with Crippen LogP contribution >= 0.6 is 15.9 Å². The molecule has 0 unspecified atom stereocenters. The Balaban J connectivity index is 2.52. The van der Waals surface area contributed by atoms with Crippen LogP contribution in [0.3, 0.4) is 0 Å². The van der Waals surface area contributed by atoms with Crippen LogP contribution in [0.5, 0.6) is 5.75 Å². The lowest BCUT2D eigenvalue weighted by Gasteiger charge is -2.14. The van der Waals surface area contributed by atoms with E-state index in [2.05, 4.69) is 15.9 Å². The first-order valence-electron chi connectivity index (χ1n) is 6.67. The third-order valence-electron chi connectivity index (χ3n) is 2.92. The van der Waals surface area contributed by atoms with Gasteiger partial charge < -0.3 is 9.47 Å². The monoisotopic (exact) mass is 348 g/mol. The van der Waals surface area contributed by atoms with Gasteiger partial charge in [0.2, 0.25) is 0 Å². The Morgan fingerprint density at radius 3 is 2.33 bits per heavy atom. The Labute approximate surface area is 133 Å². The van der Waals surface area contributed by atoms with Crippen molar-refractivity contribution in [3.05, 3.63) is 52.5 Å². The molecule has 0 heterocycles. The summed E-state index contributed by atoms with van der Waals surface area (Å²) in [4.78, 5) is 12.2. The van der Waals surface area contributed by atoms with E-state index in [1.165, 1.54) is 7.11 Å². The highest BCUT2D eigenvalue weighted by atomic mass is 79.9. The van der Waals surface area contributed by atoms with Crippen LogP contribution in [0.2, 0.25) is 0 Å². The van der Waals surface area contributed by atoms with E-state index in [4.69, 9.17) is 9.47 Å². The van der Waals surface area contributed by atoms with Crippen LogP contribution in [0.15, 0.2) is 46.9 Å². The molecular weight excluding hydrogens is 332 g/mol. The molecule has 0 atom stereocenters. The van der Waals surface area contributed by atoms with Crippen molar-refractivity contribution >= 4 is 21.9 Å². The quantitative estimate of drug-likeness (QED) is 0.752. The second-order valence-electron chi connectivity index (χ2n) is 4.86. The summed E-state index contributed by atoms with van der Waals surface area (Å²) in [6, 6.07) is 13.6. The number of ether oxygens (including phenoxy) is 2. The molecule has 0 bridgehead atoms. The summed E-state index contributed by atoms with van der Waals surface area (Å²) in [6.45, 7) is 3.64. The van der Waals surface area contributed by atoms with Gasteiger partial charge in [-0.1, -0.05) is 30.3 Å². The van der Waals surface area contributed by atoms with Gasteiger partial charge in [0.05, 0.1) is 17.7 Å². The van der Waals surface area contributed by atoms with Gasteiger partial charge in [0.15, 0.2) is 0 Å². The molecule has 0 aliphatic heterocycles. The molecule has 0 aromatic heterocycles. The number of hydrogen-bond donors (Lipinski definition) is 0. The summed E-state index contributed by atoms with van der Waals surface area (Å²) in [6.07, 6.45) is -0.179. The molecule has 2 rings (SSSR count). The van der Waals surface area contributed by atoms with Gasteiger partial charge in [-0.05, 0) is 53.0 Å². The Kier molecular flexibility index (Phi) is 5.02. The predicted molar refractivity (Wildman–Crippen MR) is 86.7 cm³/mol. The second-order valence-corrected chi connectivity index (χ2v) is 5.71. The fourth-order valence-electron chi connectivity index (χ4n) is 2.03. The highest BCUT2D eigenvalue weighted by Gasteiger charge is 2.19. The zero-order valence-corrected chi connectivity index (χ0v) is 13.8. The van der Waals surface area contributed by atoms with Crippen molar-refractivity contribution in [2.75, 3.05) is 7.11 Å². The van der Waals surface area contributed by atoms with Crippen molar-refractivity contribution in [3.63, 3.8) is 0 Å². The number of carbonyl (C=O) groups is 1. The van der Waals surface area contributed by atoms with Crippen molar-refractivity contribution < 1.29 is 14.3 Å². The zero-order chi connectivity index (χ0) is 15.4. The molecule has 0 spiro atoms. The average Bonchev–Trinajstić information content (AvgIpc) is 2.46. The summed E-state index contributed by atoms with van der Waals surface area (Å²) < 4.78 is 11.3. The predicted octanol–water partition coefficient (Wildman–Crippen LogP) is 4.69. The molecule has 0 aliphatic carbocycles. The van der Waals surface area contributed by atoms with Crippen molar-refractivity contribution in [3.8, 4) is 16.9 Å². The number of halogens is 1. The van der Waals surface area contributed by atoms with Gasteiger partial charge in [-0.15, -0.1) is 0 Å². The second kappa shape index (κ2) is 6.76.